The molecule has 0 amide bonds. The van der Waals surface area contributed by atoms with Crippen LogP contribution in [0, 0.1) is 0 Å². The van der Waals surface area contributed by atoms with E-state index in [0.29, 0.717) is 0 Å². The molecule has 3 nitrogen and oxygen atoms in total. The van der Waals surface area contributed by atoms with E-state index in [1.807, 2.05) is 24.4 Å². The van der Waals surface area contributed by atoms with Gasteiger partial charge in [0.25, 0.3) is 0 Å². The third kappa shape index (κ3) is 1.79. The van der Waals surface area contributed by atoms with Crippen LogP contribution in [0.15, 0.2) is 48.7 Å². The third-order valence-corrected chi connectivity index (χ3v) is 3.75. The molecule has 1 aromatic carbocycles. The van der Waals surface area contributed by atoms with Crippen molar-refractivity contribution in [1.29, 1.82) is 0 Å². The Morgan fingerprint density at radius 2 is 1.95 bits per heavy atom. The molecule has 2 aromatic heterocycles. The summed E-state index contributed by atoms with van der Waals surface area (Å²) in [6.45, 7) is 0.966. The normalized spacial score (nSPS) is 16.1. The molecule has 0 fully saturated rings. The molecule has 1 aliphatic heterocycles. The maximum absolute atomic E-state index is 4.37. The Morgan fingerprint density at radius 1 is 1.05 bits per heavy atom. The Bertz CT molecular complexity index is 784. The summed E-state index contributed by atoms with van der Waals surface area (Å²) in [7, 11) is 0. The summed E-state index contributed by atoms with van der Waals surface area (Å²) >= 11 is 0. The van der Waals surface area contributed by atoms with E-state index >= 15 is 0 Å². The first-order chi connectivity index (χ1) is 9.92. The van der Waals surface area contributed by atoms with E-state index in [0.717, 1.165) is 24.4 Å². The largest absolute Gasteiger partial charge is 0.383 e. The number of nitrogens with zero attached hydrogens (tertiary/aromatic N) is 1. The van der Waals surface area contributed by atoms with E-state index in [1.54, 1.807) is 0 Å². The summed E-state index contributed by atoms with van der Waals surface area (Å²) in [5.41, 5.74) is 5.90. The Labute approximate surface area is 117 Å². The van der Waals surface area contributed by atoms with Gasteiger partial charge in [-0.25, -0.2) is 0 Å². The summed E-state index contributed by atoms with van der Waals surface area (Å²) in [4.78, 5) is 7.90. The predicted octanol–water partition coefficient (Wildman–Crippen LogP) is 3.21. The van der Waals surface area contributed by atoms with Gasteiger partial charge in [-0.3, -0.25) is 4.98 Å². The molecule has 3 heteroatoms. The van der Waals surface area contributed by atoms with Crippen molar-refractivity contribution >= 4 is 22.7 Å². The third-order valence-electron chi connectivity index (χ3n) is 3.75. The quantitative estimate of drug-likeness (QED) is 0.706. The van der Waals surface area contributed by atoms with Crippen LogP contribution < -0.4 is 5.32 Å². The Morgan fingerprint density at radius 3 is 2.85 bits per heavy atom. The first-order valence-corrected chi connectivity index (χ1v) is 6.88. The van der Waals surface area contributed by atoms with Crippen LogP contribution in [0.1, 0.15) is 17.0 Å². The number of aromatic amines is 1. The molecule has 0 spiro atoms. The highest BCUT2D eigenvalue weighted by Crippen LogP contribution is 2.30. The van der Waals surface area contributed by atoms with Crippen molar-refractivity contribution < 1.29 is 0 Å². The fourth-order valence-corrected chi connectivity index (χ4v) is 2.83. The zero-order valence-electron chi connectivity index (χ0n) is 11.1. The van der Waals surface area contributed by atoms with Crippen LogP contribution in [0.2, 0.25) is 0 Å². The maximum atomic E-state index is 4.37. The average molecular weight is 261 g/mol. The smallest absolute Gasteiger partial charge is 0.0660 e. The van der Waals surface area contributed by atoms with Gasteiger partial charge in [0.1, 0.15) is 0 Å². The van der Waals surface area contributed by atoms with Crippen LogP contribution in [0.25, 0.3) is 22.7 Å². The molecular weight excluding hydrogens is 246 g/mol. The highest BCUT2D eigenvalue weighted by molar-refractivity contribution is 5.92. The van der Waals surface area contributed by atoms with Gasteiger partial charge >= 0.3 is 0 Å². The molecular formula is C17H15N3. The molecule has 0 saturated heterocycles. The fraction of sp³-hybridized carbons (Fsp3) is 0.118. The highest BCUT2D eigenvalue weighted by atomic mass is 14.9. The van der Waals surface area contributed by atoms with Gasteiger partial charge in [-0.1, -0.05) is 24.3 Å². The second-order valence-corrected chi connectivity index (χ2v) is 5.01. The Balaban J connectivity index is 1.88. The molecule has 0 aliphatic carbocycles. The molecule has 2 N–H and O–H groups in total. The van der Waals surface area contributed by atoms with Crippen molar-refractivity contribution in [3.05, 3.63) is 65.6 Å². The highest BCUT2D eigenvalue weighted by Gasteiger charge is 2.18. The molecule has 0 atom stereocenters. The van der Waals surface area contributed by atoms with Gasteiger partial charge in [0.05, 0.1) is 17.1 Å². The van der Waals surface area contributed by atoms with Gasteiger partial charge < -0.3 is 10.3 Å². The van der Waals surface area contributed by atoms with Crippen molar-refractivity contribution in [2.75, 3.05) is 6.54 Å². The van der Waals surface area contributed by atoms with Gasteiger partial charge in [-0.2, -0.15) is 0 Å². The van der Waals surface area contributed by atoms with E-state index in [9.17, 15) is 0 Å². The van der Waals surface area contributed by atoms with Crippen molar-refractivity contribution in [2.45, 2.75) is 6.42 Å². The second-order valence-electron chi connectivity index (χ2n) is 5.01. The number of hydrogen-bond donors (Lipinski definition) is 2. The summed E-state index contributed by atoms with van der Waals surface area (Å²) in [6.07, 6.45) is 4.98. The lowest BCUT2D eigenvalue weighted by Gasteiger charge is -2.17. The lowest BCUT2D eigenvalue weighted by Crippen LogP contribution is -2.22. The van der Waals surface area contributed by atoms with Gasteiger partial charge in [0, 0.05) is 23.6 Å². The summed E-state index contributed by atoms with van der Waals surface area (Å²) in [5, 5.41) is 4.80. The van der Waals surface area contributed by atoms with Gasteiger partial charge in [0.15, 0.2) is 0 Å². The van der Waals surface area contributed by atoms with E-state index in [-0.39, 0.29) is 0 Å². The zero-order chi connectivity index (χ0) is 13.4. The van der Waals surface area contributed by atoms with E-state index in [1.165, 1.54) is 22.2 Å². The molecule has 4 rings (SSSR count). The molecule has 0 saturated carbocycles. The fourth-order valence-electron chi connectivity index (χ4n) is 2.83. The van der Waals surface area contributed by atoms with Crippen LogP contribution in [-0.2, 0) is 6.42 Å². The van der Waals surface area contributed by atoms with Crippen LogP contribution >= 0.6 is 0 Å². The van der Waals surface area contributed by atoms with Crippen molar-refractivity contribution in [3.8, 4) is 0 Å². The molecule has 0 radical (unpaired) electrons. The molecule has 3 heterocycles. The first-order valence-electron chi connectivity index (χ1n) is 6.88. The number of fused-ring (bicyclic) bond motifs is 3. The van der Waals surface area contributed by atoms with Gasteiger partial charge in [0.2, 0.25) is 0 Å². The molecule has 1 aliphatic rings. The zero-order valence-corrected chi connectivity index (χ0v) is 11.1. The minimum absolute atomic E-state index is 0.966. The van der Waals surface area contributed by atoms with Crippen molar-refractivity contribution in [2.24, 2.45) is 0 Å². The molecule has 98 valence electrons. The van der Waals surface area contributed by atoms with Gasteiger partial charge in [-0.05, 0) is 36.3 Å². The van der Waals surface area contributed by atoms with E-state index in [2.05, 4.69) is 45.6 Å². The molecule has 0 bridgehead atoms. The Hall–Kier alpha value is -2.55. The lowest BCUT2D eigenvalue weighted by atomic mass is 10.0. The lowest BCUT2D eigenvalue weighted by molar-refractivity contribution is 0.817. The first kappa shape index (κ1) is 11.3. The second kappa shape index (κ2) is 4.53. The molecule has 20 heavy (non-hydrogen) atoms. The number of para-hydroxylation sites is 1. The minimum Gasteiger partial charge on any atom is -0.383 e. The number of hydrogen-bond acceptors (Lipinski definition) is 2. The molecule has 0 unspecified atom stereocenters. The predicted molar refractivity (Wildman–Crippen MR) is 82.1 cm³/mol. The summed E-state index contributed by atoms with van der Waals surface area (Å²) < 4.78 is 0. The van der Waals surface area contributed by atoms with Crippen LogP contribution in [0.5, 0.6) is 0 Å². The topological polar surface area (TPSA) is 40.7 Å². The monoisotopic (exact) mass is 261 g/mol. The number of H-pyrrole nitrogens is 1. The van der Waals surface area contributed by atoms with Crippen LogP contribution in [0.4, 0.5) is 0 Å². The SMILES string of the molecule is C(=C1/NCCc2c1[nH]c1ccccc21)/c1ccccn1. The van der Waals surface area contributed by atoms with Crippen molar-refractivity contribution in [1.82, 2.24) is 15.3 Å². The summed E-state index contributed by atoms with van der Waals surface area (Å²) in [5.74, 6) is 0. The standard InChI is InChI=1S/C17H15N3/c1-2-7-15-13(6-1)14-8-10-19-16(17(14)20-15)11-12-5-3-4-9-18-12/h1-7,9,11,19-20H,8,10H2/b16-11-. The number of benzene rings is 1. The number of rotatable bonds is 1. The Kier molecular flexibility index (Phi) is 2.56. The minimum atomic E-state index is 0.966. The van der Waals surface area contributed by atoms with Crippen LogP contribution in [-0.4, -0.2) is 16.5 Å². The van der Waals surface area contributed by atoms with Crippen molar-refractivity contribution in [3.63, 3.8) is 0 Å². The average Bonchev–Trinajstić information content (AvgIpc) is 2.88. The number of pyridine rings is 1. The van der Waals surface area contributed by atoms with E-state index < -0.39 is 0 Å². The number of nitrogens with one attached hydrogen (secondary N) is 2. The molecule has 3 aromatic rings. The van der Waals surface area contributed by atoms with E-state index in [4.69, 9.17) is 0 Å². The number of aromatic nitrogens is 2. The summed E-state index contributed by atoms with van der Waals surface area (Å²) in [6, 6.07) is 14.4. The van der Waals surface area contributed by atoms with Crippen LogP contribution in [0.3, 0.4) is 0 Å². The van der Waals surface area contributed by atoms with Gasteiger partial charge in [-0.15, -0.1) is 0 Å². The maximum Gasteiger partial charge on any atom is 0.0660 e.